The molecule has 2 rings (SSSR count). The summed E-state index contributed by atoms with van der Waals surface area (Å²) in [4.78, 5) is 8.94. The highest BCUT2D eigenvalue weighted by Gasteiger charge is 2.16. The van der Waals surface area contributed by atoms with Crippen molar-refractivity contribution < 1.29 is 5.11 Å². The molecule has 2 heterocycles. The molecule has 0 aliphatic rings. The van der Waals surface area contributed by atoms with Crippen LogP contribution in [0.1, 0.15) is 44.3 Å². The van der Waals surface area contributed by atoms with Gasteiger partial charge < -0.3 is 16.3 Å². The first-order valence-electron chi connectivity index (χ1n) is 7.50. The number of pyridine rings is 1. The molecule has 0 aliphatic carbocycles. The fourth-order valence-corrected chi connectivity index (χ4v) is 2.11. The lowest BCUT2D eigenvalue weighted by Crippen LogP contribution is -2.18. The van der Waals surface area contributed by atoms with E-state index in [1.54, 1.807) is 6.92 Å². The van der Waals surface area contributed by atoms with Crippen LogP contribution in [-0.2, 0) is 6.42 Å². The molecule has 6 nitrogen and oxygen atoms in total. The van der Waals surface area contributed by atoms with E-state index in [-0.39, 0.29) is 6.61 Å². The van der Waals surface area contributed by atoms with Crippen LogP contribution in [0.4, 0.5) is 5.82 Å². The molecule has 0 atom stereocenters. The van der Waals surface area contributed by atoms with Crippen LogP contribution in [0.3, 0.4) is 0 Å². The summed E-state index contributed by atoms with van der Waals surface area (Å²) >= 11 is 0. The highest BCUT2D eigenvalue weighted by atomic mass is 16.2. The summed E-state index contributed by atoms with van der Waals surface area (Å²) in [5.74, 6) is 1.51. The molecule has 6 heteroatoms. The van der Waals surface area contributed by atoms with Gasteiger partial charge >= 0.3 is 0 Å². The number of aliphatic hydroxyl groups is 1. The van der Waals surface area contributed by atoms with Crippen LogP contribution in [0.25, 0.3) is 11.0 Å². The van der Waals surface area contributed by atoms with Gasteiger partial charge in [-0.2, -0.15) is 0 Å². The average molecular weight is 293 g/mol. The summed E-state index contributed by atoms with van der Waals surface area (Å²) < 4.78 is 2.07. The maximum atomic E-state index is 7.57. The van der Waals surface area contributed by atoms with Gasteiger partial charge in [-0.05, 0) is 32.8 Å². The standard InChI is InChI=1S/C13H21N5.C2H6O/c1-5-7-15-18-10(6-2)17-11-12(18)8(3)9(4)16-13(11)14;1-2-3/h15H,5-7H2,1-4H3,(H2,14,16);3H,2H2,1H3. The number of rotatable bonds is 4. The van der Waals surface area contributed by atoms with Gasteiger partial charge in [0, 0.05) is 25.3 Å². The summed E-state index contributed by atoms with van der Waals surface area (Å²) in [5, 5.41) is 7.57. The largest absolute Gasteiger partial charge is 0.397 e. The normalized spacial score (nSPS) is 10.4. The fourth-order valence-electron chi connectivity index (χ4n) is 2.11. The lowest BCUT2D eigenvalue weighted by molar-refractivity contribution is 0.318. The molecule has 0 amide bonds. The molecule has 0 radical (unpaired) electrons. The van der Waals surface area contributed by atoms with Gasteiger partial charge in [0.15, 0.2) is 5.82 Å². The van der Waals surface area contributed by atoms with Gasteiger partial charge in [0.05, 0.1) is 5.52 Å². The number of aromatic nitrogens is 3. The minimum atomic E-state index is 0.250. The molecule has 2 aromatic heterocycles. The predicted molar refractivity (Wildman–Crippen MR) is 88.1 cm³/mol. The third-order valence-corrected chi connectivity index (χ3v) is 3.21. The number of nitrogens with zero attached hydrogens (tertiary/aromatic N) is 3. The molecular formula is C15H27N5O. The number of hydrogen-bond donors (Lipinski definition) is 3. The Kier molecular flexibility index (Phi) is 6.42. The molecule has 0 saturated carbocycles. The molecule has 21 heavy (non-hydrogen) atoms. The zero-order valence-corrected chi connectivity index (χ0v) is 13.7. The SMILES string of the molecule is CCCNn1c(CC)nc2c(N)nc(C)c(C)c21.CCO. The Hall–Kier alpha value is -1.82. The Balaban J connectivity index is 0.000000677. The van der Waals surface area contributed by atoms with Gasteiger partial charge in [-0.3, -0.25) is 0 Å². The van der Waals surface area contributed by atoms with E-state index in [0.29, 0.717) is 5.82 Å². The highest BCUT2D eigenvalue weighted by Crippen LogP contribution is 2.25. The molecule has 0 bridgehead atoms. The minimum Gasteiger partial charge on any atom is -0.397 e. The number of aryl methyl sites for hydroxylation is 3. The number of nitrogens with two attached hydrogens (primary N) is 1. The van der Waals surface area contributed by atoms with Gasteiger partial charge in [0.25, 0.3) is 0 Å². The van der Waals surface area contributed by atoms with Gasteiger partial charge in [-0.15, -0.1) is 0 Å². The molecule has 4 N–H and O–H groups in total. The Morgan fingerprint density at radius 2 is 1.81 bits per heavy atom. The van der Waals surface area contributed by atoms with E-state index in [2.05, 4.69) is 40.8 Å². The second-order valence-electron chi connectivity index (χ2n) is 4.85. The first-order valence-corrected chi connectivity index (χ1v) is 7.50. The van der Waals surface area contributed by atoms with Crippen molar-refractivity contribution in [1.82, 2.24) is 14.6 Å². The lowest BCUT2D eigenvalue weighted by Gasteiger charge is -2.12. The van der Waals surface area contributed by atoms with E-state index in [1.165, 1.54) is 0 Å². The second-order valence-corrected chi connectivity index (χ2v) is 4.85. The number of nitrogen functional groups attached to an aromatic ring is 1. The number of imidazole rings is 1. The zero-order valence-electron chi connectivity index (χ0n) is 13.7. The topological polar surface area (TPSA) is 89.0 Å². The van der Waals surface area contributed by atoms with Gasteiger partial charge in [0.1, 0.15) is 11.3 Å². The van der Waals surface area contributed by atoms with Crippen LogP contribution in [-0.4, -0.2) is 32.9 Å². The van der Waals surface area contributed by atoms with Crippen molar-refractivity contribution in [3.8, 4) is 0 Å². The van der Waals surface area contributed by atoms with E-state index in [4.69, 9.17) is 10.8 Å². The van der Waals surface area contributed by atoms with Crippen LogP contribution in [0, 0.1) is 13.8 Å². The maximum absolute atomic E-state index is 7.57. The van der Waals surface area contributed by atoms with Gasteiger partial charge in [-0.1, -0.05) is 13.8 Å². The third kappa shape index (κ3) is 3.64. The van der Waals surface area contributed by atoms with Crippen molar-refractivity contribution in [3.05, 3.63) is 17.1 Å². The van der Waals surface area contributed by atoms with Crippen molar-refractivity contribution in [2.45, 2.75) is 47.5 Å². The summed E-state index contributed by atoms with van der Waals surface area (Å²) in [7, 11) is 0. The molecule has 0 aliphatic heterocycles. The Morgan fingerprint density at radius 1 is 1.19 bits per heavy atom. The van der Waals surface area contributed by atoms with E-state index in [1.807, 2.05) is 6.92 Å². The van der Waals surface area contributed by atoms with Crippen molar-refractivity contribution in [1.29, 1.82) is 0 Å². The molecule has 0 unspecified atom stereocenters. The van der Waals surface area contributed by atoms with E-state index < -0.39 is 0 Å². The van der Waals surface area contributed by atoms with Crippen molar-refractivity contribution >= 4 is 16.9 Å². The van der Waals surface area contributed by atoms with E-state index >= 15 is 0 Å². The average Bonchev–Trinajstić information content (AvgIpc) is 2.82. The first kappa shape index (κ1) is 17.2. The fraction of sp³-hybridized carbons (Fsp3) is 0.600. The number of aliphatic hydroxyl groups excluding tert-OH is 1. The molecule has 0 saturated heterocycles. The monoisotopic (exact) mass is 293 g/mol. The zero-order chi connectivity index (χ0) is 16.0. The van der Waals surface area contributed by atoms with E-state index in [9.17, 15) is 0 Å². The quantitative estimate of drug-likeness (QED) is 0.803. The van der Waals surface area contributed by atoms with Crippen molar-refractivity contribution in [2.75, 3.05) is 24.3 Å². The highest BCUT2D eigenvalue weighted by molar-refractivity contribution is 5.88. The third-order valence-electron chi connectivity index (χ3n) is 3.21. The van der Waals surface area contributed by atoms with E-state index in [0.717, 1.165) is 47.5 Å². The summed E-state index contributed by atoms with van der Waals surface area (Å²) in [6, 6.07) is 0. The van der Waals surface area contributed by atoms with Crippen LogP contribution in [0.2, 0.25) is 0 Å². The molecule has 0 aromatic carbocycles. The van der Waals surface area contributed by atoms with Crippen molar-refractivity contribution in [3.63, 3.8) is 0 Å². The molecule has 0 spiro atoms. The number of anilines is 1. The second kappa shape index (κ2) is 7.83. The Morgan fingerprint density at radius 3 is 2.33 bits per heavy atom. The first-order chi connectivity index (χ1) is 10.0. The molecular weight excluding hydrogens is 266 g/mol. The Bertz CT molecular complexity index is 591. The molecule has 0 fully saturated rings. The smallest absolute Gasteiger partial charge is 0.151 e. The number of nitrogens with one attached hydrogen (secondary N) is 1. The summed E-state index contributed by atoms with van der Waals surface area (Å²) in [5.41, 5.74) is 13.3. The van der Waals surface area contributed by atoms with Gasteiger partial charge in [-0.25, -0.2) is 14.6 Å². The Labute approximate surface area is 126 Å². The minimum absolute atomic E-state index is 0.250. The molecule has 2 aromatic rings. The molecule has 118 valence electrons. The van der Waals surface area contributed by atoms with Crippen LogP contribution >= 0.6 is 0 Å². The lowest BCUT2D eigenvalue weighted by atomic mass is 10.2. The maximum Gasteiger partial charge on any atom is 0.151 e. The number of fused-ring (bicyclic) bond motifs is 1. The van der Waals surface area contributed by atoms with Crippen LogP contribution in [0.5, 0.6) is 0 Å². The van der Waals surface area contributed by atoms with Gasteiger partial charge in [0.2, 0.25) is 0 Å². The van der Waals surface area contributed by atoms with Crippen LogP contribution in [0.15, 0.2) is 0 Å². The predicted octanol–water partition coefficient (Wildman–Crippen LogP) is 2.14. The summed E-state index contributed by atoms with van der Waals surface area (Å²) in [6.45, 7) is 11.1. The number of hydrogen-bond acceptors (Lipinski definition) is 5. The van der Waals surface area contributed by atoms with Crippen molar-refractivity contribution in [2.24, 2.45) is 0 Å². The summed E-state index contributed by atoms with van der Waals surface area (Å²) in [6.07, 6.45) is 1.94. The van der Waals surface area contributed by atoms with Crippen LogP contribution < -0.4 is 11.2 Å².